The minimum Gasteiger partial charge on any atom is -0.492 e. The maximum absolute atomic E-state index is 13.4. The van der Waals surface area contributed by atoms with Gasteiger partial charge in [-0.05, 0) is 32.0 Å². The minimum atomic E-state index is -4.64. The Balaban J connectivity index is 1.83. The Morgan fingerprint density at radius 1 is 1.10 bits per heavy atom. The number of hydrogen-bond donors (Lipinski definition) is 1. The van der Waals surface area contributed by atoms with Gasteiger partial charge in [-0.1, -0.05) is 54.2 Å². The lowest BCUT2D eigenvalue weighted by Gasteiger charge is -2.15. The molecule has 1 aromatic heterocycles. The topological polar surface area (TPSA) is 64.1 Å². The van der Waals surface area contributed by atoms with E-state index in [9.17, 15) is 18.0 Å². The van der Waals surface area contributed by atoms with Crippen LogP contribution in [0.25, 0.3) is 11.3 Å². The van der Waals surface area contributed by atoms with Gasteiger partial charge in [-0.3, -0.25) is 4.79 Å². The molecule has 162 valence electrons. The Morgan fingerprint density at radius 2 is 1.77 bits per heavy atom. The van der Waals surface area contributed by atoms with Crippen LogP contribution in [0.2, 0.25) is 0 Å². The van der Waals surface area contributed by atoms with Crippen molar-refractivity contribution in [3.63, 3.8) is 0 Å². The van der Waals surface area contributed by atoms with Crippen molar-refractivity contribution in [2.24, 2.45) is 0 Å². The molecule has 0 fully saturated rings. The predicted octanol–water partition coefficient (Wildman–Crippen LogP) is 5.68. The Kier molecular flexibility index (Phi) is 7.17. The molecule has 5 nitrogen and oxygen atoms in total. The molecule has 1 heterocycles. The number of thioether (sulfide) groups is 1. The zero-order valence-electron chi connectivity index (χ0n) is 16.8. The highest BCUT2D eigenvalue weighted by Gasteiger charge is 2.34. The first kappa shape index (κ1) is 22.6. The maximum Gasteiger partial charge on any atom is 0.433 e. The van der Waals surface area contributed by atoms with Gasteiger partial charge in [0.05, 0.1) is 23.2 Å². The molecule has 0 bridgehead atoms. The standard InChI is InChI=1S/C22H20F3N3O2S/c1-3-30-18-12-8-7-11-16(18)26-20(29)14(2)31-21-27-17(15-9-5-4-6-10-15)13-19(28-21)22(23,24)25/h4-14H,3H2,1-2H3,(H,26,29). The van der Waals surface area contributed by atoms with Crippen molar-refractivity contribution in [3.05, 3.63) is 66.4 Å². The number of rotatable bonds is 7. The molecule has 31 heavy (non-hydrogen) atoms. The molecule has 2 aromatic carbocycles. The SMILES string of the molecule is CCOc1ccccc1NC(=O)C(C)Sc1nc(-c2ccccc2)cc(C(F)(F)F)n1. The second kappa shape index (κ2) is 9.82. The number of aromatic nitrogens is 2. The van der Waals surface area contributed by atoms with Crippen LogP contribution in [0.4, 0.5) is 18.9 Å². The molecule has 3 rings (SSSR count). The van der Waals surface area contributed by atoms with Crippen molar-refractivity contribution >= 4 is 23.4 Å². The highest BCUT2D eigenvalue weighted by molar-refractivity contribution is 8.00. The Morgan fingerprint density at radius 3 is 2.45 bits per heavy atom. The van der Waals surface area contributed by atoms with E-state index in [1.165, 1.54) is 0 Å². The van der Waals surface area contributed by atoms with E-state index in [0.717, 1.165) is 17.8 Å². The summed E-state index contributed by atoms with van der Waals surface area (Å²) in [6.45, 7) is 3.83. The molecule has 0 aliphatic rings. The van der Waals surface area contributed by atoms with E-state index in [0.29, 0.717) is 23.6 Å². The maximum atomic E-state index is 13.4. The molecule has 1 atom stereocenters. The first-order valence-electron chi connectivity index (χ1n) is 9.49. The highest BCUT2D eigenvalue weighted by Crippen LogP contribution is 2.33. The van der Waals surface area contributed by atoms with E-state index in [1.807, 2.05) is 6.92 Å². The number of anilines is 1. The lowest BCUT2D eigenvalue weighted by molar-refractivity contribution is -0.141. The summed E-state index contributed by atoms with van der Waals surface area (Å²) in [5, 5.41) is 1.87. The number of carbonyl (C=O) groups excluding carboxylic acids is 1. The fourth-order valence-electron chi connectivity index (χ4n) is 2.68. The number of benzene rings is 2. The van der Waals surface area contributed by atoms with Crippen LogP contribution in [0.3, 0.4) is 0 Å². The number of halogens is 3. The van der Waals surface area contributed by atoms with Crippen molar-refractivity contribution in [1.82, 2.24) is 9.97 Å². The average Bonchev–Trinajstić information content (AvgIpc) is 2.75. The van der Waals surface area contributed by atoms with Crippen LogP contribution in [-0.4, -0.2) is 27.7 Å². The van der Waals surface area contributed by atoms with Gasteiger partial charge in [0.15, 0.2) is 5.16 Å². The summed E-state index contributed by atoms with van der Waals surface area (Å²) in [7, 11) is 0. The molecular formula is C22H20F3N3O2S. The molecule has 3 aromatic rings. The first-order chi connectivity index (χ1) is 14.8. The van der Waals surface area contributed by atoms with Crippen LogP contribution in [0.1, 0.15) is 19.5 Å². The second-order valence-corrected chi connectivity index (χ2v) is 7.77. The number of nitrogens with zero attached hydrogens (tertiary/aromatic N) is 2. The van der Waals surface area contributed by atoms with Crippen LogP contribution >= 0.6 is 11.8 Å². The van der Waals surface area contributed by atoms with Gasteiger partial charge in [-0.15, -0.1) is 0 Å². The molecule has 0 saturated heterocycles. The summed E-state index contributed by atoms with van der Waals surface area (Å²) in [6, 6.07) is 16.4. The molecule has 0 radical (unpaired) electrons. The van der Waals surface area contributed by atoms with Gasteiger partial charge in [0.2, 0.25) is 5.91 Å². The number of alkyl halides is 3. The van der Waals surface area contributed by atoms with Crippen molar-refractivity contribution < 1.29 is 22.7 Å². The summed E-state index contributed by atoms with van der Waals surface area (Å²) in [5.41, 5.74) is 0.0922. The second-order valence-electron chi connectivity index (χ2n) is 6.46. The number of nitrogens with one attached hydrogen (secondary N) is 1. The molecule has 9 heteroatoms. The fourth-order valence-corrected chi connectivity index (χ4v) is 3.46. The Hall–Kier alpha value is -3.07. The Bertz CT molecular complexity index is 1050. The van der Waals surface area contributed by atoms with Gasteiger partial charge in [0, 0.05) is 5.56 Å². The number of hydrogen-bond acceptors (Lipinski definition) is 5. The van der Waals surface area contributed by atoms with Crippen LogP contribution in [-0.2, 0) is 11.0 Å². The zero-order valence-corrected chi connectivity index (χ0v) is 17.6. The lowest BCUT2D eigenvalue weighted by atomic mass is 10.1. The van der Waals surface area contributed by atoms with Crippen LogP contribution in [0.15, 0.2) is 65.8 Å². The third-order valence-corrected chi connectivity index (χ3v) is 5.12. The van der Waals surface area contributed by atoms with E-state index in [2.05, 4.69) is 15.3 Å². The molecule has 1 unspecified atom stereocenters. The van der Waals surface area contributed by atoms with Gasteiger partial charge in [0.1, 0.15) is 11.4 Å². The van der Waals surface area contributed by atoms with Crippen LogP contribution in [0, 0.1) is 0 Å². The summed E-state index contributed by atoms with van der Waals surface area (Å²) < 4.78 is 45.6. The van der Waals surface area contributed by atoms with Crippen LogP contribution < -0.4 is 10.1 Å². The van der Waals surface area contributed by atoms with Gasteiger partial charge in [-0.25, -0.2) is 9.97 Å². The number of para-hydroxylation sites is 2. The third-order valence-electron chi connectivity index (χ3n) is 4.16. The van der Waals surface area contributed by atoms with E-state index in [1.54, 1.807) is 61.5 Å². The van der Waals surface area contributed by atoms with E-state index >= 15 is 0 Å². The smallest absolute Gasteiger partial charge is 0.433 e. The predicted molar refractivity (Wildman–Crippen MR) is 114 cm³/mol. The summed E-state index contributed by atoms with van der Waals surface area (Å²) >= 11 is 0.854. The lowest BCUT2D eigenvalue weighted by Crippen LogP contribution is -2.23. The zero-order chi connectivity index (χ0) is 22.4. The van der Waals surface area contributed by atoms with E-state index in [-0.39, 0.29) is 10.9 Å². The largest absolute Gasteiger partial charge is 0.492 e. The van der Waals surface area contributed by atoms with Gasteiger partial charge in [0.25, 0.3) is 0 Å². The molecular weight excluding hydrogens is 427 g/mol. The normalized spacial score (nSPS) is 12.3. The summed E-state index contributed by atoms with van der Waals surface area (Å²) in [6.07, 6.45) is -4.64. The minimum absolute atomic E-state index is 0.130. The van der Waals surface area contributed by atoms with Crippen molar-refractivity contribution in [3.8, 4) is 17.0 Å². The van der Waals surface area contributed by atoms with Crippen molar-refractivity contribution in [2.75, 3.05) is 11.9 Å². The van der Waals surface area contributed by atoms with Gasteiger partial charge < -0.3 is 10.1 Å². The van der Waals surface area contributed by atoms with Gasteiger partial charge >= 0.3 is 6.18 Å². The van der Waals surface area contributed by atoms with Crippen molar-refractivity contribution in [2.45, 2.75) is 30.4 Å². The number of ether oxygens (including phenoxy) is 1. The summed E-state index contributed by atoms with van der Waals surface area (Å²) in [5.74, 6) is 0.108. The van der Waals surface area contributed by atoms with Gasteiger partial charge in [-0.2, -0.15) is 13.2 Å². The molecule has 0 aliphatic heterocycles. The third kappa shape index (κ3) is 5.97. The molecule has 0 spiro atoms. The molecule has 0 saturated carbocycles. The monoisotopic (exact) mass is 447 g/mol. The van der Waals surface area contributed by atoms with Crippen molar-refractivity contribution in [1.29, 1.82) is 0 Å². The van der Waals surface area contributed by atoms with Crippen LogP contribution in [0.5, 0.6) is 5.75 Å². The summed E-state index contributed by atoms with van der Waals surface area (Å²) in [4.78, 5) is 20.5. The quantitative estimate of drug-likeness (QED) is 0.373. The first-order valence-corrected chi connectivity index (χ1v) is 10.4. The number of amides is 1. The fraction of sp³-hybridized carbons (Fsp3) is 0.227. The molecule has 1 amide bonds. The van der Waals surface area contributed by atoms with E-state index in [4.69, 9.17) is 4.74 Å². The number of carbonyl (C=O) groups is 1. The average molecular weight is 447 g/mol. The highest BCUT2D eigenvalue weighted by atomic mass is 32.2. The molecule has 1 N–H and O–H groups in total. The van der Waals surface area contributed by atoms with E-state index < -0.39 is 23.0 Å². The molecule has 0 aliphatic carbocycles. The Labute approximate surface area is 182 Å².